The number of aliphatic hydroxyl groups excluding tert-OH is 4. The fourth-order valence-electron chi connectivity index (χ4n) is 1.37. The highest BCUT2D eigenvalue weighted by molar-refractivity contribution is 7.46. The third-order valence-electron chi connectivity index (χ3n) is 2.18. The Morgan fingerprint density at radius 3 is 2.18 bits per heavy atom. The maximum absolute atomic E-state index is 10.5. The van der Waals surface area contributed by atoms with Crippen LogP contribution in [0, 0.1) is 0 Å². The highest BCUT2D eigenvalue weighted by Crippen LogP contribution is 2.44. The van der Waals surface area contributed by atoms with Crippen molar-refractivity contribution in [2.45, 2.75) is 30.4 Å². The Balaban J connectivity index is 2.95. The molecular weight excluding hydrogens is 263 g/mol. The van der Waals surface area contributed by atoms with Gasteiger partial charge < -0.3 is 40.1 Å². The second kappa shape index (κ2) is 4.86. The fraction of sp³-hybridized carbons (Fsp3) is 1.00. The normalized spacial score (nSPS) is 43.7. The Labute approximate surface area is 94.9 Å². The van der Waals surface area contributed by atoms with Gasteiger partial charge in [-0.25, -0.2) is 9.09 Å². The molecule has 1 aliphatic rings. The lowest BCUT2D eigenvalue weighted by atomic mass is 9.98. The van der Waals surface area contributed by atoms with Crippen LogP contribution in [0.5, 0.6) is 0 Å². The summed E-state index contributed by atoms with van der Waals surface area (Å²) in [6.45, 7) is -0.877. The maximum atomic E-state index is 10.5. The number of ether oxygens (including phenoxy) is 1. The summed E-state index contributed by atoms with van der Waals surface area (Å²) in [4.78, 5) is 17.0. The average Bonchev–Trinajstić information content (AvgIpc) is 2.18. The molecule has 10 nitrogen and oxygen atoms in total. The van der Waals surface area contributed by atoms with Gasteiger partial charge in [0.25, 0.3) is 0 Å². The minimum atomic E-state index is -5.23. The van der Waals surface area contributed by atoms with E-state index in [1.54, 1.807) is 0 Å². The van der Waals surface area contributed by atoms with E-state index in [1.807, 2.05) is 0 Å². The van der Waals surface area contributed by atoms with E-state index in [-0.39, 0.29) is 0 Å². The fourth-order valence-corrected chi connectivity index (χ4v) is 1.86. The molecule has 17 heavy (non-hydrogen) atoms. The molecule has 0 aliphatic carbocycles. The molecule has 102 valence electrons. The van der Waals surface area contributed by atoms with Crippen molar-refractivity contribution in [2.75, 3.05) is 6.61 Å². The van der Waals surface area contributed by atoms with E-state index in [2.05, 4.69) is 9.26 Å². The third kappa shape index (κ3) is 3.20. The van der Waals surface area contributed by atoms with Crippen LogP contribution in [0.2, 0.25) is 0 Å². The molecule has 0 radical (unpaired) electrons. The van der Waals surface area contributed by atoms with Crippen molar-refractivity contribution in [1.29, 1.82) is 0 Å². The lowest BCUT2D eigenvalue weighted by molar-refractivity contribution is -0.425. The van der Waals surface area contributed by atoms with Crippen molar-refractivity contribution in [3.8, 4) is 0 Å². The first-order valence-corrected chi connectivity index (χ1v) is 5.95. The molecule has 5 atom stereocenters. The second-order valence-corrected chi connectivity index (χ2v) is 4.64. The summed E-state index contributed by atoms with van der Waals surface area (Å²) in [6.07, 6.45) is -7.68. The molecule has 1 unspecified atom stereocenters. The smallest absolute Gasteiger partial charge is 0.394 e. The Hall–Kier alpha value is -0.130. The summed E-state index contributed by atoms with van der Waals surface area (Å²) < 4.78 is 18.8. The molecule has 0 aromatic carbocycles. The van der Waals surface area contributed by atoms with Crippen LogP contribution in [0.4, 0.5) is 0 Å². The average molecular weight is 276 g/mol. The molecule has 11 heteroatoms. The van der Waals surface area contributed by atoms with Gasteiger partial charge in [-0.2, -0.15) is 0 Å². The van der Waals surface area contributed by atoms with E-state index in [1.165, 1.54) is 0 Å². The van der Waals surface area contributed by atoms with E-state index in [0.29, 0.717) is 0 Å². The lowest BCUT2D eigenvalue weighted by Gasteiger charge is -2.43. The summed E-state index contributed by atoms with van der Waals surface area (Å²) in [5.41, 5.74) is 0. The van der Waals surface area contributed by atoms with E-state index >= 15 is 0 Å². The lowest BCUT2D eigenvalue weighted by Crippen LogP contribution is -2.65. The van der Waals surface area contributed by atoms with E-state index in [0.717, 1.165) is 0 Å². The number of hydrogen-bond donors (Lipinski definition) is 7. The molecule has 0 saturated carbocycles. The molecule has 0 bridgehead atoms. The van der Waals surface area contributed by atoms with Crippen molar-refractivity contribution in [3.05, 3.63) is 0 Å². The van der Waals surface area contributed by atoms with Crippen LogP contribution in [-0.2, 0) is 13.8 Å². The summed E-state index contributed by atoms with van der Waals surface area (Å²) in [5.74, 6) is -3.23. The van der Waals surface area contributed by atoms with Crippen LogP contribution in [0.1, 0.15) is 0 Å². The SMILES string of the molecule is O=P(O)(O)OC1(O)O[C@H](CO)[C@@H](O)[C@H](O)[C@@H]1O. The van der Waals surface area contributed by atoms with E-state index in [9.17, 15) is 25.0 Å². The Morgan fingerprint density at radius 2 is 1.76 bits per heavy atom. The van der Waals surface area contributed by atoms with E-state index < -0.39 is 44.8 Å². The molecule has 0 amide bonds. The standard InChI is InChI=1S/C6H13O10P/c7-1-2-3(8)4(9)5(10)6(11,15-2)16-17(12,13)14/h2-5,7-11H,1H2,(H2,12,13,14)/t2-,3-,4+,5+,6?/m1/s1. The van der Waals surface area contributed by atoms with Gasteiger partial charge in [0.05, 0.1) is 6.61 Å². The Bertz CT molecular complexity index is 314. The molecule has 0 aromatic rings. The van der Waals surface area contributed by atoms with Crippen LogP contribution >= 0.6 is 7.82 Å². The maximum Gasteiger partial charge on any atom is 0.474 e. The highest BCUT2D eigenvalue weighted by atomic mass is 31.2. The molecule has 0 aromatic heterocycles. The molecule has 1 saturated heterocycles. The van der Waals surface area contributed by atoms with Crippen molar-refractivity contribution < 1.29 is 49.1 Å². The van der Waals surface area contributed by atoms with Gasteiger partial charge in [-0.1, -0.05) is 0 Å². The number of hydrogen-bond acceptors (Lipinski definition) is 8. The van der Waals surface area contributed by atoms with Crippen molar-refractivity contribution in [2.24, 2.45) is 0 Å². The molecule has 7 N–H and O–H groups in total. The van der Waals surface area contributed by atoms with Gasteiger partial charge in [-0.05, 0) is 0 Å². The molecule has 1 heterocycles. The van der Waals surface area contributed by atoms with Gasteiger partial charge in [0.1, 0.15) is 18.3 Å². The summed E-state index contributed by atoms with van der Waals surface area (Å²) in [6, 6.07) is 0. The van der Waals surface area contributed by atoms with Crippen LogP contribution in [0.3, 0.4) is 0 Å². The van der Waals surface area contributed by atoms with Crippen molar-refractivity contribution in [3.63, 3.8) is 0 Å². The summed E-state index contributed by atoms with van der Waals surface area (Å²) in [5, 5.41) is 46.1. The molecule has 0 spiro atoms. The highest BCUT2D eigenvalue weighted by Gasteiger charge is 2.56. The second-order valence-electron chi connectivity index (χ2n) is 3.48. The number of phosphoric ester groups is 1. The van der Waals surface area contributed by atoms with Crippen LogP contribution in [0.15, 0.2) is 0 Å². The predicted molar refractivity (Wildman–Crippen MR) is 48.1 cm³/mol. The van der Waals surface area contributed by atoms with Crippen molar-refractivity contribution >= 4 is 7.82 Å². The first-order valence-electron chi connectivity index (χ1n) is 4.42. The Morgan fingerprint density at radius 1 is 1.24 bits per heavy atom. The van der Waals surface area contributed by atoms with Crippen molar-refractivity contribution in [1.82, 2.24) is 0 Å². The zero-order valence-electron chi connectivity index (χ0n) is 8.32. The van der Waals surface area contributed by atoms with Crippen LogP contribution < -0.4 is 0 Å². The first-order chi connectivity index (χ1) is 7.60. The molecule has 1 fully saturated rings. The molecule has 1 rings (SSSR count). The quantitative estimate of drug-likeness (QED) is 0.200. The third-order valence-corrected chi connectivity index (χ3v) is 2.68. The number of rotatable bonds is 3. The van der Waals surface area contributed by atoms with Crippen LogP contribution in [0.25, 0.3) is 0 Å². The minimum absolute atomic E-state index is 0.877. The topological polar surface area (TPSA) is 177 Å². The van der Waals surface area contributed by atoms with Crippen LogP contribution in [-0.4, -0.2) is 72.3 Å². The van der Waals surface area contributed by atoms with Gasteiger partial charge in [0, 0.05) is 0 Å². The predicted octanol–water partition coefficient (Wildman–Crippen LogP) is -3.78. The molecule has 1 aliphatic heterocycles. The van der Waals surface area contributed by atoms with Gasteiger partial charge >= 0.3 is 13.8 Å². The van der Waals surface area contributed by atoms with Gasteiger partial charge in [0.15, 0.2) is 6.10 Å². The van der Waals surface area contributed by atoms with Gasteiger partial charge in [-0.3, -0.25) is 0 Å². The summed E-state index contributed by atoms with van der Waals surface area (Å²) in [7, 11) is -5.23. The zero-order chi connectivity index (χ0) is 13.4. The van der Waals surface area contributed by atoms with Gasteiger partial charge in [-0.15, -0.1) is 0 Å². The first kappa shape index (κ1) is 14.9. The summed E-state index contributed by atoms with van der Waals surface area (Å²) >= 11 is 0. The molecular formula is C6H13O10P. The minimum Gasteiger partial charge on any atom is -0.394 e. The zero-order valence-corrected chi connectivity index (χ0v) is 9.21. The largest absolute Gasteiger partial charge is 0.474 e. The van der Waals surface area contributed by atoms with Gasteiger partial charge in [0.2, 0.25) is 0 Å². The number of phosphoric acid groups is 1. The monoisotopic (exact) mass is 276 g/mol. The number of aliphatic hydroxyl groups is 5. The van der Waals surface area contributed by atoms with E-state index in [4.69, 9.17) is 14.9 Å². The Kier molecular flexibility index (Phi) is 4.27.